The van der Waals surface area contributed by atoms with Crippen LogP contribution in [0.2, 0.25) is 10.0 Å². The Bertz CT molecular complexity index is 851. The van der Waals surface area contributed by atoms with E-state index in [9.17, 15) is 4.79 Å². The molecule has 2 aromatic heterocycles. The van der Waals surface area contributed by atoms with E-state index in [-0.39, 0.29) is 5.91 Å². The lowest BCUT2D eigenvalue weighted by Crippen LogP contribution is -2.11. The van der Waals surface area contributed by atoms with E-state index >= 15 is 0 Å². The van der Waals surface area contributed by atoms with Crippen LogP contribution in [0.4, 0.5) is 11.5 Å². The maximum Gasteiger partial charge on any atom is 0.265 e. The molecule has 4 nitrogen and oxygen atoms in total. The summed E-state index contributed by atoms with van der Waals surface area (Å²) in [6.45, 7) is 0.690. The topological polar surface area (TPSA) is 54.0 Å². The third-order valence-electron chi connectivity index (χ3n) is 3.48. The third-order valence-corrected chi connectivity index (χ3v) is 4.94. The van der Waals surface area contributed by atoms with Crippen molar-refractivity contribution in [1.29, 1.82) is 0 Å². The monoisotopic (exact) mass is 391 g/mol. The summed E-state index contributed by atoms with van der Waals surface area (Å²) in [4.78, 5) is 17.0. The number of nitrogens with zero attached hydrogens (tertiary/aromatic N) is 1. The first-order chi connectivity index (χ1) is 12.1. The molecule has 1 amide bonds. The van der Waals surface area contributed by atoms with Crippen molar-refractivity contribution in [2.45, 2.75) is 6.42 Å². The number of hydrogen-bond acceptors (Lipinski definition) is 4. The quantitative estimate of drug-likeness (QED) is 0.594. The molecule has 3 aromatic rings. The van der Waals surface area contributed by atoms with Crippen molar-refractivity contribution in [3.8, 4) is 0 Å². The molecule has 0 atom stereocenters. The molecule has 0 aliphatic carbocycles. The van der Waals surface area contributed by atoms with Gasteiger partial charge in [-0.25, -0.2) is 4.98 Å². The van der Waals surface area contributed by atoms with Crippen LogP contribution in [0.15, 0.2) is 54.0 Å². The lowest BCUT2D eigenvalue weighted by Gasteiger charge is -2.08. The van der Waals surface area contributed by atoms with Crippen molar-refractivity contribution >= 4 is 52.0 Å². The van der Waals surface area contributed by atoms with Gasteiger partial charge in [-0.1, -0.05) is 35.3 Å². The van der Waals surface area contributed by atoms with Gasteiger partial charge in [-0.15, -0.1) is 11.3 Å². The zero-order valence-electron chi connectivity index (χ0n) is 13.1. The average molecular weight is 392 g/mol. The number of pyridine rings is 1. The number of halogens is 2. The van der Waals surface area contributed by atoms with Crippen LogP contribution in [0.25, 0.3) is 0 Å². The number of rotatable bonds is 6. The van der Waals surface area contributed by atoms with Gasteiger partial charge in [0.2, 0.25) is 0 Å². The van der Waals surface area contributed by atoms with Gasteiger partial charge < -0.3 is 10.6 Å². The van der Waals surface area contributed by atoms with Crippen LogP contribution in [0.5, 0.6) is 0 Å². The number of amides is 1. The molecule has 0 aliphatic rings. The first-order valence-corrected chi connectivity index (χ1v) is 9.24. The smallest absolute Gasteiger partial charge is 0.265 e. The zero-order chi connectivity index (χ0) is 17.6. The van der Waals surface area contributed by atoms with Gasteiger partial charge in [-0.3, -0.25) is 4.79 Å². The fourth-order valence-corrected chi connectivity index (χ4v) is 3.34. The Morgan fingerprint density at radius 3 is 2.72 bits per heavy atom. The van der Waals surface area contributed by atoms with Crippen molar-refractivity contribution in [3.05, 3.63) is 74.5 Å². The number of hydrogen-bond donors (Lipinski definition) is 2. The maximum absolute atomic E-state index is 12.0. The Balaban J connectivity index is 1.51. The van der Waals surface area contributed by atoms with Crippen LogP contribution in [0.1, 0.15) is 15.2 Å². The minimum Gasteiger partial charge on any atom is -0.370 e. The predicted molar refractivity (Wildman–Crippen MR) is 105 cm³/mol. The van der Waals surface area contributed by atoms with E-state index in [0.29, 0.717) is 27.2 Å². The second-order valence-corrected chi connectivity index (χ2v) is 7.07. The molecule has 0 aliphatic heterocycles. The summed E-state index contributed by atoms with van der Waals surface area (Å²) >= 11 is 13.4. The minimum atomic E-state index is -0.130. The highest BCUT2D eigenvalue weighted by Crippen LogP contribution is 2.21. The highest BCUT2D eigenvalue weighted by molar-refractivity contribution is 7.12. The van der Waals surface area contributed by atoms with Crippen molar-refractivity contribution in [1.82, 2.24) is 4.98 Å². The van der Waals surface area contributed by atoms with Crippen molar-refractivity contribution in [3.63, 3.8) is 0 Å². The molecule has 0 saturated carbocycles. The van der Waals surface area contributed by atoms with E-state index in [2.05, 4.69) is 15.6 Å². The fourth-order valence-electron chi connectivity index (χ4n) is 2.22. The standard InChI is InChI=1S/C18H15Cl2N3OS/c19-13-4-3-12(15(20)10-13)7-8-21-17-6-5-14(11-22-17)23-18(24)16-2-1-9-25-16/h1-6,9-11H,7-8H2,(H,21,22)(H,23,24). The van der Waals surface area contributed by atoms with Gasteiger partial charge in [0.15, 0.2) is 0 Å². The lowest BCUT2D eigenvalue weighted by atomic mass is 10.1. The lowest BCUT2D eigenvalue weighted by molar-refractivity contribution is 0.103. The van der Waals surface area contributed by atoms with E-state index in [1.54, 1.807) is 18.3 Å². The molecule has 0 radical (unpaired) electrons. The SMILES string of the molecule is O=C(Nc1ccc(NCCc2ccc(Cl)cc2Cl)nc1)c1cccs1. The molecule has 3 rings (SSSR count). The van der Waals surface area contributed by atoms with Gasteiger partial charge >= 0.3 is 0 Å². The van der Waals surface area contributed by atoms with Crippen LogP contribution in [0.3, 0.4) is 0 Å². The summed E-state index contributed by atoms with van der Waals surface area (Å²) in [6.07, 6.45) is 2.39. The van der Waals surface area contributed by atoms with E-state index < -0.39 is 0 Å². The molecule has 2 N–H and O–H groups in total. The number of aromatic nitrogens is 1. The fraction of sp³-hybridized carbons (Fsp3) is 0.111. The van der Waals surface area contributed by atoms with Crippen molar-refractivity contribution in [2.24, 2.45) is 0 Å². The highest BCUT2D eigenvalue weighted by Gasteiger charge is 2.07. The number of thiophene rings is 1. The summed E-state index contributed by atoms with van der Waals surface area (Å²) in [5, 5.41) is 9.20. The zero-order valence-corrected chi connectivity index (χ0v) is 15.5. The Hall–Kier alpha value is -2.08. The molecule has 2 heterocycles. The molecule has 7 heteroatoms. The molecule has 0 unspecified atom stereocenters. The van der Waals surface area contributed by atoms with E-state index in [0.717, 1.165) is 17.8 Å². The molecular formula is C18H15Cl2N3OS. The van der Waals surface area contributed by atoms with Crippen LogP contribution >= 0.6 is 34.5 Å². The van der Waals surface area contributed by atoms with Crippen LogP contribution in [0, 0.1) is 0 Å². The second kappa shape index (κ2) is 8.34. The first-order valence-electron chi connectivity index (χ1n) is 7.60. The number of anilines is 2. The van der Waals surface area contributed by atoms with Gasteiger partial charge in [-0.2, -0.15) is 0 Å². The Morgan fingerprint density at radius 2 is 2.04 bits per heavy atom. The molecular weight excluding hydrogens is 377 g/mol. The average Bonchev–Trinajstić information content (AvgIpc) is 3.13. The van der Waals surface area contributed by atoms with Crippen molar-refractivity contribution in [2.75, 3.05) is 17.2 Å². The van der Waals surface area contributed by atoms with Gasteiger partial charge in [0, 0.05) is 16.6 Å². The highest BCUT2D eigenvalue weighted by atomic mass is 35.5. The van der Waals surface area contributed by atoms with Gasteiger partial charge in [0.25, 0.3) is 5.91 Å². The molecule has 25 heavy (non-hydrogen) atoms. The molecule has 0 saturated heterocycles. The number of carbonyl (C=O) groups is 1. The van der Waals surface area contributed by atoms with Gasteiger partial charge in [0.1, 0.15) is 5.82 Å². The Morgan fingerprint density at radius 1 is 1.16 bits per heavy atom. The second-order valence-electron chi connectivity index (χ2n) is 5.28. The molecule has 0 fully saturated rings. The largest absolute Gasteiger partial charge is 0.370 e. The molecule has 0 spiro atoms. The molecule has 0 bridgehead atoms. The Kier molecular flexibility index (Phi) is 5.91. The predicted octanol–water partition coefficient (Wildman–Crippen LogP) is 5.36. The summed E-state index contributed by atoms with van der Waals surface area (Å²) in [5.41, 5.74) is 1.68. The first kappa shape index (κ1) is 17.7. The summed E-state index contributed by atoms with van der Waals surface area (Å²) in [5.74, 6) is 0.606. The number of benzene rings is 1. The molecule has 1 aromatic carbocycles. The third kappa shape index (κ3) is 4.95. The van der Waals surface area contributed by atoms with Crippen LogP contribution in [-0.2, 0) is 6.42 Å². The van der Waals surface area contributed by atoms with E-state index in [1.807, 2.05) is 35.7 Å². The summed E-state index contributed by atoms with van der Waals surface area (Å²) in [6, 6.07) is 12.8. The summed E-state index contributed by atoms with van der Waals surface area (Å²) in [7, 11) is 0. The van der Waals surface area contributed by atoms with Crippen molar-refractivity contribution < 1.29 is 4.79 Å². The Labute approximate surface area is 159 Å². The maximum atomic E-state index is 12.0. The number of carbonyl (C=O) groups excluding carboxylic acids is 1. The minimum absolute atomic E-state index is 0.130. The van der Waals surface area contributed by atoms with E-state index in [4.69, 9.17) is 23.2 Å². The van der Waals surface area contributed by atoms with Gasteiger partial charge in [0.05, 0.1) is 16.8 Å². The van der Waals surface area contributed by atoms with Crippen LogP contribution in [-0.4, -0.2) is 17.4 Å². The normalized spacial score (nSPS) is 10.5. The van der Waals surface area contributed by atoms with Crippen LogP contribution < -0.4 is 10.6 Å². The van der Waals surface area contributed by atoms with E-state index in [1.165, 1.54) is 11.3 Å². The summed E-state index contributed by atoms with van der Waals surface area (Å²) < 4.78 is 0. The van der Waals surface area contributed by atoms with Gasteiger partial charge in [-0.05, 0) is 47.7 Å². The number of nitrogens with one attached hydrogen (secondary N) is 2. The molecule has 128 valence electrons.